The van der Waals surface area contributed by atoms with Crippen LogP contribution in [0.3, 0.4) is 0 Å². The molecule has 1 aliphatic rings. The molecular weight excluding hydrogens is 376 g/mol. The number of amides is 2. The molecule has 0 atom stereocenters. The van der Waals surface area contributed by atoms with E-state index in [1.807, 2.05) is 6.07 Å². The highest BCUT2D eigenvalue weighted by molar-refractivity contribution is 6.19. The molecule has 8 heteroatoms. The number of benzene rings is 1. The molecule has 0 unspecified atom stereocenters. The van der Waals surface area contributed by atoms with Crippen LogP contribution in [-0.4, -0.2) is 46.0 Å². The standard InChI is InChI=1S/C21H16N2O6/c1-12-16(19(25)23(8-9-24)20(26)17(12)11-22)10-15-6-7-18(29-15)13-2-4-14(5-3-13)21(27)28/h2-7,10,24H,8-9H2,1H3,(H,27,28)/b16-10-. The Hall–Kier alpha value is -3.96. The van der Waals surface area contributed by atoms with Gasteiger partial charge < -0.3 is 14.6 Å². The normalized spacial score (nSPS) is 15.8. The number of aromatic carboxylic acids is 1. The number of imide groups is 1. The summed E-state index contributed by atoms with van der Waals surface area (Å²) in [5, 5.41) is 27.4. The largest absolute Gasteiger partial charge is 0.478 e. The Labute approximate surface area is 165 Å². The highest BCUT2D eigenvalue weighted by Gasteiger charge is 2.35. The smallest absolute Gasteiger partial charge is 0.335 e. The molecule has 3 rings (SSSR count). The van der Waals surface area contributed by atoms with E-state index in [1.54, 1.807) is 24.3 Å². The Balaban J connectivity index is 1.98. The van der Waals surface area contributed by atoms with Gasteiger partial charge in [-0.1, -0.05) is 12.1 Å². The number of nitrogens with zero attached hydrogens (tertiary/aromatic N) is 2. The first-order valence-corrected chi connectivity index (χ1v) is 8.61. The topological polar surface area (TPSA) is 132 Å². The zero-order valence-corrected chi connectivity index (χ0v) is 15.4. The van der Waals surface area contributed by atoms with Crippen LogP contribution >= 0.6 is 0 Å². The number of rotatable bonds is 5. The van der Waals surface area contributed by atoms with E-state index in [0.29, 0.717) is 17.1 Å². The van der Waals surface area contributed by atoms with E-state index in [4.69, 9.17) is 14.6 Å². The lowest BCUT2D eigenvalue weighted by Crippen LogP contribution is -2.44. The average molecular weight is 392 g/mol. The first-order valence-electron chi connectivity index (χ1n) is 8.61. The third-order valence-corrected chi connectivity index (χ3v) is 4.48. The third kappa shape index (κ3) is 3.72. The minimum Gasteiger partial charge on any atom is -0.478 e. The maximum Gasteiger partial charge on any atom is 0.335 e. The van der Waals surface area contributed by atoms with E-state index < -0.39 is 24.4 Å². The van der Waals surface area contributed by atoms with Crippen molar-refractivity contribution in [3.05, 3.63) is 64.4 Å². The number of furan rings is 1. The molecule has 2 heterocycles. The number of aliphatic hydroxyl groups excluding tert-OH is 1. The summed E-state index contributed by atoms with van der Waals surface area (Å²) >= 11 is 0. The molecule has 2 aromatic rings. The Bertz CT molecular complexity index is 1100. The summed E-state index contributed by atoms with van der Waals surface area (Å²) in [6.45, 7) is 0.873. The van der Waals surface area contributed by atoms with Crippen LogP contribution in [0.2, 0.25) is 0 Å². The van der Waals surface area contributed by atoms with Gasteiger partial charge in [-0.05, 0) is 42.8 Å². The number of β-amino-alcohol motifs (C(OH)–C–C–N with tert-alkyl or cyclic N) is 1. The predicted octanol–water partition coefficient (Wildman–Crippen LogP) is 2.23. The van der Waals surface area contributed by atoms with Crippen molar-refractivity contribution in [2.45, 2.75) is 6.92 Å². The molecule has 29 heavy (non-hydrogen) atoms. The van der Waals surface area contributed by atoms with E-state index in [1.165, 1.54) is 25.1 Å². The van der Waals surface area contributed by atoms with Gasteiger partial charge in [-0.15, -0.1) is 0 Å². The zero-order chi connectivity index (χ0) is 21.1. The van der Waals surface area contributed by atoms with E-state index in [2.05, 4.69) is 0 Å². The van der Waals surface area contributed by atoms with Crippen LogP contribution in [0.5, 0.6) is 0 Å². The molecule has 0 saturated heterocycles. The summed E-state index contributed by atoms with van der Waals surface area (Å²) in [4.78, 5) is 36.7. The summed E-state index contributed by atoms with van der Waals surface area (Å²) < 4.78 is 5.73. The van der Waals surface area contributed by atoms with Crippen LogP contribution in [-0.2, 0) is 9.59 Å². The van der Waals surface area contributed by atoms with Crippen molar-refractivity contribution in [3.63, 3.8) is 0 Å². The number of carboxylic acids is 1. The average Bonchev–Trinajstić information content (AvgIpc) is 3.18. The Morgan fingerprint density at radius 3 is 2.45 bits per heavy atom. The minimum absolute atomic E-state index is 0.122. The van der Waals surface area contributed by atoms with Crippen molar-refractivity contribution in [1.29, 1.82) is 5.26 Å². The lowest BCUT2D eigenvalue weighted by Gasteiger charge is -2.26. The van der Waals surface area contributed by atoms with Crippen LogP contribution in [0.4, 0.5) is 0 Å². The Kier molecular flexibility index (Phi) is 5.43. The van der Waals surface area contributed by atoms with Crippen molar-refractivity contribution in [1.82, 2.24) is 4.90 Å². The summed E-state index contributed by atoms with van der Waals surface area (Å²) in [6.07, 6.45) is 1.43. The molecule has 1 aliphatic heterocycles. The van der Waals surface area contributed by atoms with Crippen LogP contribution < -0.4 is 0 Å². The summed E-state index contributed by atoms with van der Waals surface area (Å²) in [6, 6.07) is 11.2. The summed E-state index contributed by atoms with van der Waals surface area (Å²) in [5.74, 6) is -1.61. The second kappa shape index (κ2) is 7.96. The number of carbonyl (C=O) groups excluding carboxylic acids is 2. The van der Waals surface area contributed by atoms with Gasteiger partial charge in [0.15, 0.2) is 0 Å². The molecule has 1 aromatic carbocycles. The number of carbonyl (C=O) groups is 3. The summed E-state index contributed by atoms with van der Waals surface area (Å²) in [5.41, 5.74) is 0.989. The monoisotopic (exact) mass is 392 g/mol. The number of carboxylic acid groups (broad SMARTS) is 1. The van der Waals surface area contributed by atoms with Gasteiger partial charge in [0.25, 0.3) is 11.8 Å². The van der Waals surface area contributed by atoms with E-state index in [0.717, 1.165) is 4.90 Å². The highest BCUT2D eigenvalue weighted by Crippen LogP contribution is 2.29. The molecular formula is C21H16N2O6. The second-order valence-corrected chi connectivity index (χ2v) is 6.24. The van der Waals surface area contributed by atoms with Gasteiger partial charge in [0, 0.05) is 11.1 Å². The van der Waals surface area contributed by atoms with Crippen LogP contribution in [0.1, 0.15) is 23.0 Å². The summed E-state index contributed by atoms with van der Waals surface area (Å²) in [7, 11) is 0. The SMILES string of the molecule is CC1=C(C#N)C(=O)N(CCO)C(=O)/C1=C\c1ccc(-c2ccc(C(=O)O)cc2)o1. The van der Waals surface area contributed by atoms with E-state index in [-0.39, 0.29) is 28.8 Å². The molecule has 146 valence electrons. The number of hydrogen-bond donors (Lipinski definition) is 2. The minimum atomic E-state index is -1.03. The first kappa shape index (κ1) is 19.8. The fourth-order valence-electron chi connectivity index (χ4n) is 2.94. The Morgan fingerprint density at radius 1 is 1.17 bits per heavy atom. The quantitative estimate of drug-likeness (QED) is 0.589. The maximum atomic E-state index is 12.7. The van der Waals surface area contributed by atoms with Crippen LogP contribution in [0.15, 0.2) is 57.5 Å². The van der Waals surface area contributed by atoms with Crippen molar-refractivity contribution in [2.24, 2.45) is 0 Å². The molecule has 0 bridgehead atoms. The lowest BCUT2D eigenvalue weighted by molar-refractivity contribution is -0.141. The maximum absolute atomic E-state index is 12.7. The third-order valence-electron chi connectivity index (χ3n) is 4.48. The predicted molar refractivity (Wildman–Crippen MR) is 101 cm³/mol. The molecule has 0 radical (unpaired) electrons. The van der Waals surface area contributed by atoms with Crippen molar-refractivity contribution in [3.8, 4) is 17.4 Å². The molecule has 1 aromatic heterocycles. The Morgan fingerprint density at radius 2 is 1.86 bits per heavy atom. The van der Waals surface area contributed by atoms with Gasteiger partial charge in [-0.25, -0.2) is 4.79 Å². The van der Waals surface area contributed by atoms with Crippen molar-refractivity contribution < 1.29 is 29.0 Å². The van der Waals surface area contributed by atoms with Crippen molar-refractivity contribution >= 4 is 23.9 Å². The van der Waals surface area contributed by atoms with Gasteiger partial charge in [0.05, 0.1) is 18.7 Å². The molecule has 0 aliphatic carbocycles. The fraction of sp³-hybridized carbons (Fsp3) is 0.143. The number of hydrogen-bond acceptors (Lipinski definition) is 6. The van der Waals surface area contributed by atoms with E-state index >= 15 is 0 Å². The molecule has 2 N–H and O–H groups in total. The van der Waals surface area contributed by atoms with E-state index in [9.17, 15) is 19.6 Å². The van der Waals surface area contributed by atoms with Gasteiger partial charge in [0.1, 0.15) is 23.2 Å². The second-order valence-electron chi connectivity index (χ2n) is 6.24. The van der Waals surface area contributed by atoms with Crippen LogP contribution in [0, 0.1) is 11.3 Å². The molecule has 8 nitrogen and oxygen atoms in total. The molecule has 2 amide bonds. The fourth-order valence-corrected chi connectivity index (χ4v) is 2.94. The lowest BCUT2D eigenvalue weighted by atomic mass is 9.95. The van der Waals surface area contributed by atoms with Crippen molar-refractivity contribution in [2.75, 3.05) is 13.2 Å². The van der Waals surface area contributed by atoms with Gasteiger partial charge in [-0.3, -0.25) is 14.5 Å². The number of aliphatic hydroxyl groups is 1. The van der Waals surface area contributed by atoms with Crippen LogP contribution in [0.25, 0.3) is 17.4 Å². The number of nitriles is 1. The molecule has 0 saturated carbocycles. The first-order chi connectivity index (χ1) is 13.9. The molecule has 0 fully saturated rings. The molecule has 0 spiro atoms. The zero-order valence-electron chi connectivity index (χ0n) is 15.4. The van der Waals surface area contributed by atoms with Gasteiger partial charge in [-0.2, -0.15) is 5.26 Å². The van der Waals surface area contributed by atoms with Gasteiger partial charge >= 0.3 is 5.97 Å². The van der Waals surface area contributed by atoms with Gasteiger partial charge in [0.2, 0.25) is 0 Å². The highest BCUT2D eigenvalue weighted by atomic mass is 16.4.